The molecule has 1 aromatic rings. The first-order valence-corrected chi connectivity index (χ1v) is 7.56. The van der Waals surface area contributed by atoms with Crippen molar-refractivity contribution >= 4 is 23.0 Å². The predicted octanol–water partition coefficient (Wildman–Crippen LogP) is 4.22. The van der Waals surface area contributed by atoms with Crippen molar-refractivity contribution in [3.05, 3.63) is 23.0 Å². The van der Waals surface area contributed by atoms with E-state index in [0.29, 0.717) is 11.7 Å². The summed E-state index contributed by atoms with van der Waals surface area (Å²) in [6, 6.07) is 3.60. The molecule has 1 aliphatic heterocycles. The molecule has 2 nitrogen and oxygen atoms in total. The Bertz CT molecular complexity index is 471. The number of nitrogen functional groups attached to an aromatic ring is 1. The number of nitrogens with two attached hydrogens (primary N) is 1. The summed E-state index contributed by atoms with van der Waals surface area (Å²) in [6.07, 6.45) is 7.73. The maximum atomic E-state index is 13.4. The van der Waals surface area contributed by atoms with Crippen molar-refractivity contribution in [2.45, 2.75) is 44.6 Å². The summed E-state index contributed by atoms with van der Waals surface area (Å²) in [5.74, 6) is 0.338. The average Bonchev–Trinajstić information content (AvgIpc) is 3.03. The lowest BCUT2D eigenvalue weighted by Crippen LogP contribution is -2.35. The normalized spacial score (nSPS) is 24.3. The minimum Gasteiger partial charge on any atom is -0.397 e. The molecule has 1 unspecified atom stereocenters. The van der Waals surface area contributed by atoms with Crippen molar-refractivity contribution in [2.75, 3.05) is 17.2 Å². The summed E-state index contributed by atoms with van der Waals surface area (Å²) in [7, 11) is 0. The van der Waals surface area contributed by atoms with Crippen LogP contribution in [0.3, 0.4) is 0 Å². The van der Waals surface area contributed by atoms with E-state index in [1.807, 2.05) is 0 Å². The van der Waals surface area contributed by atoms with Crippen molar-refractivity contribution in [1.29, 1.82) is 0 Å². The van der Waals surface area contributed by atoms with Crippen LogP contribution in [0.4, 0.5) is 15.8 Å². The van der Waals surface area contributed by atoms with E-state index in [-0.39, 0.29) is 5.02 Å². The first kappa shape index (κ1) is 13.0. The van der Waals surface area contributed by atoms with Gasteiger partial charge in [0.1, 0.15) is 5.82 Å². The molecule has 1 atom stereocenters. The highest BCUT2D eigenvalue weighted by molar-refractivity contribution is 6.31. The van der Waals surface area contributed by atoms with Crippen molar-refractivity contribution < 1.29 is 4.39 Å². The third kappa shape index (κ3) is 2.40. The minimum atomic E-state index is -0.431. The quantitative estimate of drug-likeness (QED) is 0.823. The van der Waals surface area contributed by atoms with Crippen LogP contribution >= 0.6 is 11.6 Å². The monoisotopic (exact) mass is 282 g/mol. The van der Waals surface area contributed by atoms with Gasteiger partial charge in [0, 0.05) is 18.7 Å². The molecule has 1 aliphatic carbocycles. The van der Waals surface area contributed by atoms with E-state index >= 15 is 0 Å². The Morgan fingerprint density at radius 1 is 1.16 bits per heavy atom. The van der Waals surface area contributed by atoms with Gasteiger partial charge in [-0.25, -0.2) is 4.39 Å². The molecule has 19 heavy (non-hydrogen) atoms. The number of hydrogen-bond acceptors (Lipinski definition) is 2. The number of halogens is 2. The Morgan fingerprint density at radius 2 is 1.89 bits per heavy atom. The van der Waals surface area contributed by atoms with Crippen LogP contribution in [0.15, 0.2) is 12.1 Å². The Morgan fingerprint density at radius 3 is 2.63 bits per heavy atom. The molecule has 1 saturated carbocycles. The van der Waals surface area contributed by atoms with E-state index in [1.165, 1.54) is 44.6 Å². The molecule has 1 saturated heterocycles. The van der Waals surface area contributed by atoms with Crippen molar-refractivity contribution in [3.8, 4) is 0 Å². The molecule has 3 rings (SSSR count). The van der Waals surface area contributed by atoms with E-state index in [4.69, 9.17) is 17.3 Å². The highest BCUT2D eigenvalue weighted by Crippen LogP contribution is 2.40. The molecule has 1 aromatic carbocycles. The molecule has 2 fully saturated rings. The Balaban J connectivity index is 1.89. The molecule has 2 aliphatic rings. The average molecular weight is 283 g/mol. The smallest absolute Gasteiger partial charge is 0.143 e. The summed E-state index contributed by atoms with van der Waals surface area (Å²) < 4.78 is 13.4. The zero-order chi connectivity index (χ0) is 13.4. The van der Waals surface area contributed by atoms with Crippen molar-refractivity contribution in [2.24, 2.45) is 5.92 Å². The van der Waals surface area contributed by atoms with E-state index in [0.717, 1.165) is 18.2 Å². The van der Waals surface area contributed by atoms with Crippen LogP contribution < -0.4 is 10.6 Å². The van der Waals surface area contributed by atoms with Crippen LogP contribution in [0.2, 0.25) is 5.02 Å². The van der Waals surface area contributed by atoms with Gasteiger partial charge in [0.05, 0.1) is 16.4 Å². The number of anilines is 2. The first-order valence-electron chi connectivity index (χ1n) is 7.18. The zero-order valence-corrected chi connectivity index (χ0v) is 11.8. The van der Waals surface area contributed by atoms with Crippen LogP contribution in [-0.2, 0) is 0 Å². The maximum absolute atomic E-state index is 13.4. The molecule has 0 aromatic heterocycles. The van der Waals surface area contributed by atoms with Crippen LogP contribution in [0, 0.1) is 11.7 Å². The molecule has 1 heterocycles. The number of nitrogens with zero attached hydrogens (tertiary/aromatic N) is 1. The highest BCUT2D eigenvalue weighted by Gasteiger charge is 2.34. The van der Waals surface area contributed by atoms with Gasteiger partial charge in [-0.1, -0.05) is 24.4 Å². The number of rotatable bonds is 2. The second kappa shape index (κ2) is 5.20. The van der Waals surface area contributed by atoms with E-state index in [1.54, 1.807) is 6.07 Å². The lowest BCUT2D eigenvalue weighted by atomic mass is 9.95. The van der Waals surface area contributed by atoms with Gasteiger partial charge in [0.25, 0.3) is 0 Å². The van der Waals surface area contributed by atoms with Crippen molar-refractivity contribution in [1.82, 2.24) is 0 Å². The molecule has 4 heteroatoms. The fourth-order valence-electron chi connectivity index (χ4n) is 3.72. The largest absolute Gasteiger partial charge is 0.397 e. The summed E-state index contributed by atoms with van der Waals surface area (Å²) in [5, 5.41) is 0.168. The molecule has 0 radical (unpaired) electrons. The van der Waals surface area contributed by atoms with E-state index in [9.17, 15) is 4.39 Å². The van der Waals surface area contributed by atoms with E-state index in [2.05, 4.69) is 4.90 Å². The standard InChI is InChI=1S/C15H20ClFN2/c16-11-8-15(13(18)9-12(11)17)19-7-3-6-14(19)10-4-1-2-5-10/h8-10,14H,1-7,18H2. The Kier molecular flexibility index (Phi) is 3.57. The van der Waals surface area contributed by atoms with Gasteiger partial charge in [-0.2, -0.15) is 0 Å². The summed E-state index contributed by atoms with van der Waals surface area (Å²) in [4.78, 5) is 2.36. The molecular formula is C15H20ClFN2. The van der Waals surface area contributed by atoms with Crippen LogP contribution in [0.5, 0.6) is 0 Å². The summed E-state index contributed by atoms with van der Waals surface area (Å²) in [6.45, 7) is 1.01. The van der Waals surface area contributed by atoms with Gasteiger partial charge in [-0.15, -0.1) is 0 Å². The lowest BCUT2D eigenvalue weighted by Gasteiger charge is -2.32. The summed E-state index contributed by atoms with van der Waals surface area (Å²) in [5.41, 5.74) is 7.41. The van der Waals surface area contributed by atoms with Gasteiger partial charge in [-0.05, 0) is 37.7 Å². The molecular weight excluding hydrogens is 263 g/mol. The third-order valence-electron chi connectivity index (χ3n) is 4.62. The van der Waals surface area contributed by atoms with Gasteiger partial charge < -0.3 is 10.6 Å². The van der Waals surface area contributed by atoms with Gasteiger partial charge in [-0.3, -0.25) is 0 Å². The predicted molar refractivity (Wildman–Crippen MR) is 78.1 cm³/mol. The number of hydrogen-bond donors (Lipinski definition) is 1. The second-order valence-corrected chi connectivity index (χ2v) is 6.18. The van der Waals surface area contributed by atoms with Crippen LogP contribution in [-0.4, -0.2) is 12.6 Å². The fourth-order valence-corrected chi connectivity index (χ4v) is 3.88. The molecule has 0 amide bonds. The van der Waals surface area contributed by atoms with Gasteiger partial charge in [0.15, 0.2) is 0 Å². The number of benzene rings is 1. The fraction of sp³-hybridized carbons (Fsp3) is 0.600. The molecule has 104 valence electrons. The zero-order valence-electron chi connectivity index (χ0n) is 11.0. The highest BCUT2D eigenvalue weighted by atomic mass is 35.5. The van der Waals surface area contributed by atoms with Gasteiger partial charge in [0.2, 0.25) is 0 Å². The van der Waals surface area contributed by atoms with Crippen LogP contribution in [0.25, 0.3) is 0 Å². The molecule has 2 N–H and O–H groups in total. The van der Waals surface area contributed by atoms with Crippen LogP contribution in [0.1, 0.15) is 38.5 Å². The molecule has 0 bridgehead atoms. The third-order valence-corrected chi connectivity index (χ3v) is 4.91. The van der Waals surface area contributed by atoms with Crippen molar-refractivity contribution in [3.63, 3.8) is 0 Å². The maximum Gasteiger partial charge on any atom is 0.143 e. The summed E-state index contributed by atoms with van der Waals surface area (Å²) >= 11 is 5.91. The Labute approximate surface area is 118 Å². The SMILES string of the molecule is Nc1cc(F)c(Cl)cc1N1CCCC1C1CCCC1. The lowest BCUT2D eigenvalue weighted by molar-refractivity contribution is 0.431. The topological polar surface area (TPSA) is 29.3 Å². The first-order chi connectivity index (χ1) is 9.16. The second-order valence-electron chi connectivity index (χ2n) is 5.77. The Hall–Kier alpha value is -0.960. The molecule has 0 spiro atoms. The van der Waals surface area contributed by atoms with Gasteiger partial charge >= 0.3 is 0 Å². The minimum absolute atomic E-state index is 0.168. The van der Waals surface area contributed by atoms with E-state index < -0.39 is 5.82 Å².